The Morgan fingerprint density at radius 2 is 1.90 bits per heavy atom. The summed E-state index contributed by atoms with van der Waals surface area (Å²) in [7, 11) is 0. The lowest BCUT2D eigenvalue weighted by Crippen LogP contribution is -2.76. The molecule has 3 aliphatic heterocycles. The number of Topliss-reactive ketones (excluding diaryl/α,β-unsaturated/α-hetero) is 1. The molecule has 3 aliphatic carbocycles. The summed E-state index contributed by atoms with van der Waals surface area (Å²) in [6.45, 7) is 12.2. The maximum atomic E-state index is 13.7. The fourth-order valence-electron chi connectivity index (χ4n) is 8.66. The van der Waals surface area contributed by atoms with E-state index in [0.29, 0.717) is 5.57 Å². The number of ketones is 1. The lowest BCUT2D eigenvalue weighted by Gasteiger charge is -2.61. The summed E-state index contributed by atoms with van der Waals surface area (Å²) in [6, 6.07) is 0. The van der Waals surface area contributed by atoms with Crippen LogP contribution in [0, 0.1) is 17.8 Å². The number of epoxide rings is 1. The maximum Gasteiger partial charge on any atom is 0.307 e. The highest BCUT2D eigenvalue weighted by Gasteiger charge is 2.90. The van der Waals surface area contributed by atoms with Crippen LogP contribution in [0.2, 0.25) is 0 Å². The Hall–Kier alpha value is -2.18. The van der Waals surface area contributed by atoms with Gasteiger partial charge in [-0.3, -0.25) is 9.59 Å². The minimum atomic E-state index is -2.38. The number of unbranched alkanes of at least 4 members (excludes halogenated alkanes) is 3. The molecule has 0 amide bonds. The summed E-state index contributed by atoms with van der Waals surface area (Å²) in [5.74, 6) is -5.58. The van der Waals surface area contributed by atoms with Crippen LogP contribution in [0.1, 0.15) is 60.3 Å². The van der Waals surface area contributed by atoms with E-state index in [4.69, 9.17) is 23.7 Å². The number of fused-ring (bicyclic) bond motifs is 3. The number of hydrogen-bond donors (Lipinski definition) is 3. The van der Waals surface area contributed by atoms with Crippen LogP contribution in [0.5, 0.6) is 0 Å². The van der Waals surface area contributed by atoms with Gasteiger partial charge in [0, 0.05) is 30.8 Å². The van der Waals surface area contributed by atoms with Crippen molar-refractivity contribution in [3.63, 3.8) is 0 Å². The molecule has 10 heteroatoms. The molecular weight excluding hydrogens is 544 g/mol. The van der Waals surface area contributed by atoms with Gasteiger partial charge >= 0.3 is 11.9 Å². The molecule has 0 radical (unpaired) electrons. The molecule has 10 nitrogen and oxygen atoms in total. The number of aliphatic hydroxyl groups is 3. The Morgan fingerprint density at radius 1 is 1.17 bits per heavy atom. The minimum Gasteiger partial charge on any atom is -0.459 e. The molecule has 6 rings (SSSR count). The van der Waals surface area contributed by atoms with Gasteiger partial charge in [0.1, 0.15) is 30.0 Å². The lowest BCUT2D eigenvalue weighted by molar-refractivity contribution is -0.407. The molecule has 3 saturated heterocycles. The zero-order valence-corrected chi connectivity index (χ0v) is 24.9. The lowest BCUT2D eigenvalue weighted by atomic mass is 9.53. The van der Waals surface area contributed by atoms with Crippen LogP contribution in [-0.4, -0.2) is 86.5 Å². The van der Waals surface area contributed by atoms with Crippen LogP contribution in [-0.2, 0) is 33.3 Å². The van der Waals surface area contributed by atoms with Crippen molar-refractivity contribution in [1.29, 1.82) is 0 Å². The van der Waals surface area contributed by atoms with Crippen molar-refractivity contribution in [2.75, 3.05) is 6.61 Å². The SMILES string of the molecule is C=C(C)[C@@]12O[C@@]3(/C=C/C=CCCCCC)O[C@@H]1[C@@H]1[C@@H]4O[C@]4(CO)[C@@H](O)[C@]4(O)C(=O)C(C)=C[C@H]4[C@@]1(O3)[C@H](C)[C@H]2OC(C)=O. The Kier molecular flexibility index (Phi) is 6.87. The van der Waals surface area contributed by atoms with Crippen LogP contribution < -0.4 is 0 Å². The summed E-state index contributed by atoms with van der Waals surface area (Å²) in [4.78, 5) is 26.2. The molecule has 0 aromatic rings. The molecule has 0 aromatic carbocycles. The summed E-state index contributed by atoms with van der Waals surface area (Å²) in [6.07, 6.45) is 8.71. The molecule has 3 N–H and O–H groups in total. The largest absolute Gasteiger partial charge is 0.459 e. The van der Waals surface area contributed by atoms with Crippen molar-refractivity contribution >= 4 is 11.8 Å². The number of esters is 1. The predicted molar refractivity (Wildman–Crippen MR) is 149 cm³/mol. The Labute approximate surface area is 246 Å². The highest BCUT2D eigenvalue weighted by Crippen LogP contribution is 2.73. The minimum absolute atomic E-state index is 0.248. The fraction of sp³-hybridized carbons (Fsp3) is 0.688. The first-order valence-electron chi connectivity index (χ1n) is 15.0. The van der Waals surface area contributed by atoms with Gasteiger partial charge in [-0.15, -0.1) is 0 Å². The Morgan fingerprint density at radius 3 is 2.55 bits per heavy atom. The number of hydrogen-bond acceptors (Lipinski definition) is 10. The van der Waals surface area contributed by atoms with Crippen molar-refractivity contribution in [1.82, 2.24) is 0 Å². The van der Waals surface area contributed by atoms with Gasteiger partial charge in [-0.2, -0.15) is 0 Å². The average Bonchev–Trinajstić information content (AvgIpc) is 3.57. The molecule has 0 unspecified atom stereocenters. The standard InChI is InChI=1S/C32H42O10/c1-7-8-9-10-11-12-13-14-29-40-26-22-25-28(16-33,39-25)27(36)30(37)21(15-18(4)23(30)35)32(22,42-29)19(5)24(38-20(6)34)31(26,41-29)17(2)3/h11-15,19,21-22,24-27,33,36-37H,2,7-10,16H2,1,3-6H3/b12-11?,14-13+/t19-,21-,22+,24-,25+,26-,27-,28+,29-,30-,31+,32+/m1/s1. The van der Waals surface area contributed by atoms with Crippen molar-refractivity contribution in [3.05, 3.63) is 48.1 Å². The molecular formula is C32H42O10. The van der Waals surface area contributed by atoms with E-state index in [0.717, 1.165) is 25.7 Å². The number of aliphatic hydroxyl groups excluding tert-OH is 2. The third kappa shape index (κ3) is 3.51. The second-order valence-corrected chi connectivity index (χ2v) is 12.9. The van der Waals surface area contributed by atoms with E-state index in [1.54, 1.807) is 32.1 Å². The summed E-state index contributed by atoms with van der Waals surface area (Å²) in [5.41, 5.74) is -6.12. The van der Waals surface area contributed by atoms with E-state index in [1.165, 1.54) is 6.92 Å². The van der Waals surface area contributed by atoms with Crippen molar-refractivity contribution < 1.29 is 48.6 Å². The number of allylic oxidation sites excluding steroid dienone is 3. The quantitative estimate of drug-likeness (QED) is 0.121. The van der Waals surface area contributed by atoms with Crippen LogP contribution in [0.3, 0.4) is 0 Å². The zero-order chi connectivity index (χ0) is 30.5. The molecule has 5 fully saturated rings. The first-order chi connectivity index (χ1) is 19.8. The Balaban J connectivity index is 1.55. The van der Waals surface area contributed by atoms with Crippen LogP contribution in [0.4, 0.5) is 0 Å². The van der Waals surface area contributed by atoms with Crippen molar-refractivity contribution in [3.8, 4) is 0 Å². The molecule has 6 aliphatic rings. The molecule has 12 atom stereocenters. The van der Waals surface area contributed by atoms with E-state index in [2.05, 4.69) is 13.5 Å². The molecule has 3 bridgehead atoms. The summed E-state index contributed by atoms with van der Waals surface area (Å²) >= 11 is 0. The van der Waals surface area contributed by atoms with E-state index in [9.17, 15) is 24.9 Å². The van der Waals surface area contributed by atoms with Crippen LogP contribution >= 0.6 is 0 Å². The molecule has 230 valence electrons. The summed E-state index contributed by atoms with van der Waals surface area (Å²) < 4.78 is 32.4. The van der Waals surface area contributed by atoms with Gasteiger partial charge in [0.15, 0.2) is 17.0 Å². The highest BCUT2D eigenvalue weighted by atomic mass is 16.9. The second kappa shape index (κ2) is 9.66. The monoisotopic (exact) mass is 586 g/mol. The van der Waals surface area contributed by atoms with Gasteiger partial charge < -0.3 is 39.0 Å². The molecule has 2 saturated carbocycles. The zero-order valence-electron chi connectivity index (χ0n) is 24.9. The number of ether oxygens (including phenoxy) is 5. The topological polar surface area (TPSA) is 144 Å². The second-order valence-electron chi connectivity index (χ2n) is 12.9. The molecule has 42 heavy (non-hydrogen) atoms. The van der Waals surface area contributed by atoms with Gasteiger partial charge in [-0.1, -0.05) is 57.6 Å². The molecule has 3 heterocycles. The Bertz CT molecular complexity index is 1290. The maximum absolute atomic E-state index is 13.7. The van der Waals surface area contributed by atoms with E-state index >= 15 is 0 Å². The van der Waals surface area contributed by atoms with E-state index < -0.39 is 88.9 Å². The van der Waals surface area contributed by atoms with E-state index in [-0.39, 0.29) is 5.57 Å². The first kappa shape index (κ1) is 29.9. The third-order valence-corrected chi connectivity index (χ3v) is 10.6. The van der Waals surface area contributed by atoms with Crippen molar-refractivity contribution in [2.24, 2.45) is 17.8 Å². The van der Waals surface area contributed by atoms with Gasteiger partial charge in [0.2, 0.25) is 0 Å². The molecule has 0 aromatic heterocycles. The summed E-state index contributed by atoms with van der Waals surface area (Å²) in [5, 5.41) is 34.4. The third-order valence-electron chi connectivity index (χ3n) is 10.6. The fourth-order valence-corrected chi connectivity index (χ4v) is 8.66. The van der Waals surface area contributed by atoms with Gasteiger partial charge in [0.05, 0.1) is 12.2 Å². The van der Waals surface area contributed by atoms with Crippen LogP contribution in [0.25, 0.3) is 0 Å². The average molecular weight is 587 g/mol. The molecule has 0 spiro atoms. The number of carbonyl (C=O) groups excluding carboxylic acids is 2. The normalized spacial score (nSPS) is 50.0. The first-order valence-corrected chi connectivity index (χ1v) is 15.0. The highest BCUT2D eigenvalue weighted by molar-refractivity contribution is 6.05. The smallest absolute Gasteiger partial charge is 0.307 e. The van der Waals surface area contributed by atoms with Crippen molar-refractivity contribution in [2.45, 2.75) is 113 Å². The van der Waals surface area contributed by atoms with Gasteiger partial charge in [-0.05, 0) is 37.8 Å². The predicted octanol–water partition coefficient (Wildman–Crippen LogP) is 2.41. The number of rotatable bonds is 9. The van der Waals surface area contributed by atoms with Gasteiger partial charge in [-0.25, -0.2) is 0 Å². The van der Waals surface area contributed by atoms with E-state index in [1.807, 2.05) is 19.1 Å². The van der Waals surface area contributed by atoms with Crippen LogP contribution in [0.15, 0.2) is 48.1 Å². The number of carbonyl (C=O) groups is 2. The van der Waals surface area contributed by atoms with Gasteiger partial charge in [0.25, 0.3) is 0 Å².